The Morgan fingerprint density at radius 3 is 1.54 bits per heavy atom. The number of aromatic nitrogens is 4. The topological polar surface area (TPSA) is 134 Å². The van der Waals surface area contributed by atoms with Gasteiger partial charge in [0, 0.05) is 23.8 Å². The zero-order valence-corrected chi connectivity index (χ0v) is 14.0. The summed E-state index contributed by atoms with van der Waals surface area (Å²) in [6, 6.07) is 3.18. The molecule has 4 N–H and O–H groups in total. The van der Waals surface area contributed by atoms with E-state index in [-0.39, 0.29) is 0 Å². The Bertz CT molecular complexity index is 674. The highest BCUT2D eigenvalue weighted by Gasteiger charge is 2.47. The van der Waals surface area contributed by atoms with Crippen molar-refractivity contribution in [3.63, 3.8) is 0 Å². The molecular weight excluding hydrogens is 316 g/mol. The second-order valence-electron chi connectivity index (χ2n) is 6.16. The normalized spacial score (nSPS) is 19.3. The zero-order chi connectivity index (χ0) is 18.3. The van der Waals surface area contributed by atoms with E-state index in [1.165, 1.54) is 26.2 Å². The van der Waals surface area contributed by atoms with E-state index in [0.717, 1.165) is 9.36 Å². The molecule has 2 rings (SSSR count). The van der Waals surface area contributed by atoms with Crippen LogP contribution in [-0.4, -0.2) is 58.0 Å². The van der Waals surface area contributed by atoms with Crippen LogP contribution in [0.1, 0.15) is 25.2 Å². The molecule has 4 atom stereocenters. The average Bonchev–Trinajstić information content (AvgIpc) is 3.13. The first kappa shape index (κ1) is 18.3. The van der Waals surface area contributed by atoms with Gasteiger partial charge in [0.05, 0.1) is 0 Å². The van der Waals surface area contributed by atoms with Crippen molar-refractivity contribution in [2.75, 3.05) is 0 Å². The highest BCUT2D eigenvalue weighted by Crippen LogP contribution is 2.25. The van der Waals surface area contributed by atoms with E-state index in [0.29, 0.717) is 11.4 Å². The van der Waals surface area contributed by atoms with Gasteiger partial charge >= 0.3 is 0 Å². The summed E-state index contributed by atoms with van der Waals surface area (Å²) in [6.07, 6.45) is -1.23. The van der Waals surface area contributed by atoms with Gasteiger partial charge in [-0.25, -0.2) is 9.36 Å². The molecule has 0 aliphatic rings. The summed E-state index contributed by atoms with van der Waals surface area (Å²) in [5.74, 6) is -1.16. The lowest BCUT2D eigenvalue weighted by atomic mass is 9.95. The molecule has 0 aromatic carbocycles. The molecule has 9 heteroatoms. The Balaban J connectivity index is 2.30. The van der Waals surface area contributed by atoms with Crippen LogP contribution in [0.5, 0.6) is 0 Å². The van der Waals surface area contributed by atoms with Crippen LogP contribution < -0.4 is 0 Å². The lowest BCUT2D eigenvalue weighted by Crippen LogP contribution is -2.57. The summed E-state index contributed by atoms with van der Waals surface area (Å²) in [5, 5.41) is 49.3. The van der Waals surface area contributed by atoms with Gasteiger partial charge in [-0.05, 0) is 39.8 Å². The number of hydrogen-bond acceptors (Lipinski definition) is 7. The second kappa shape index (κ2) is 6.10. The molecule has 0 saturated carbocycles. The first-order valence-corrected chi connectivity index (χ1v) is 7.38. The first-order valence-electron chi connectivity index (χ1n) is 7.38. The van der Waals surface area contributed by atoms with Crippen LogP contribution in [0, 0.1) is 13.8 Å². The minimum Gasteiger partial charge on any atom is -0.380 e. The molecule has 0 fully saturated rings. The van der Waals surface area contributed by atoms with Gasteiger partial charge in [-0.15, -0.1) is 0 Å². The fraction of sp³-hybridized carbons (Fsp3) is 0.533. The van der Waals surface area contributed by atoms with E-state index in [1.807, 2.05) is 0 Å². The van der Waals surface area contributed by atoms with Crippen LogP contribution in [0.2, 0.25) is 0 Å². The van der Waals surface area contributed by atoms with E-state index in [9.17, 15) is 25.2 Å². The summed E-state index contributed by atoms with van der Waals surface area (Å²) >= 11 is 0. The number of hydrogen-bond donors (Lipinski definition) is 4. The Labute approximate surface area is 138 Å². The van der Waals surface area contributed by atoms with Crippen molar-refractivity contribution in [1.82, 2.24) is 19.6 Å². The number of aliphatic hydroxyl groups excluding tert-OH is 2. The quantitative estimate of drug-likeness (QED) is 0.532. The number of carbonyl (C=O) groups is 1. The van der Waals surface area contributed by atoms with Gasteiger partial charge in [0.25, 0.3) is 0 Å². The molecule has 24 heavy (non-hydrogen) atoms. The summed E-state index contributed by atoms with van der Waals surface area (Å²) in [5.41, 5.74) is -3.17. The maximum Gasteiger partial charge on any atom is 0.199 e. The highest BCUT2D eigenvalue weighted by molar-refractivity contribution is 5.88. The molecular formula is C15H22N4O5. The van der Waals surface area contributed by atoms with Crippen LogP contribution in [0.4, 0.5) is 0 Å². The monoisotopic (exact) mass is 338 g/mol. The number of aliphatic hydroxyl groups is 4. The largest absolute Gasteiger partial charge is 0.380 e. The smallest absolute Gasteiger partial charge is 0.199 e. The average molecular weight is 338 g/mol. The predicted octanol–water partition coefficient (Wildman–Crippen LogP) is -0.982. The molecule has 2 aromatic heterocycles. The molecule has 0 aliphatic carbocycles. The molecule has 4 unspecified atom stereocenters. The molecule has 2 aromatic rings. The number of Topliss-reactive ketones (excluding diaryl/α,β-unsaturated/α-hetero) is 1. The zero-order valence-electron chi connectivity index (χ0n) is 14.0. The van der Waals surface area contributed by atoms with Crippen molar-refractivity contribution in [3.8, 4) is 0 Å². The van der Waals surface area contributed by atoms with Crippen molar-refractivity contribution in [2.45, 2.75) is 51.4 Å². The predicted molar refractivity (Wildman–Crippen MR) is 82.7 cm³/mol. The van der Waals surface area contributed by atoms with Crippen molar-refractivity contribution < 1.29 is 25.2 Å². The minimum atomic E-state index is -2.10. The molecule has 0 aliphatic heterocycles. The third-order valence-corrected chi connectivity index (χ3v) is 4.10. The van der Waals surface area contributed by atoms with Gasteiger partial charge in [-0.2, -0.15) is 10.2 Å². The summed E-state index contributed by atoms with van der Waals surface area (Å²) in [4.78, 5) is 12.4. The maximum atomic E-state index is 12.4. The third-order valence-electron chi connectivity index (χ3n) is 4.10. The van der Waals surface area contributed by atoms with Crippen LogP contribution >= 0.6 is 0 Å². The van der Waals surface area contributed by atoms with Gasteiger partial charge in [0.15, 0.2) is 29.4 Å². The fourth-order valence-electron chi connectivity index (χ4n) is 2.61. The van der Waals surface area contributed by atoms with Crippen molar-refractivity contribution in [3.05, 3.63) is 35.9 Å². The van der Waals surface area contributed by atoms with Crippen molar-refractivity contribution in [1.29, 1.82) is 0 Å². The SMILES string of the molecule is Cc1ccnn1C(C)(O)C(O)C(=O)C(O)C(C)(O)n1nccc1C. The standard InChI is InChI=1S/C15H22N4O5/c1-9-5-7-16-18(9)14(3,23)12(21)11(20)13(22)15(4,24)19-10(2)6-8-17-19/h5-8,12-13,21-24H,1-4H3. The Morgan fingerprint density at radius 2 is 1.29 bits per heavy atom. The highest BCUT2D eigenvalue weighted by atomic mass is 16.4. The van der Waals surface area contributed by atoms with E-state index in [4.69, 9.17) is 0 Å². The molecule has 0 radical (unpaired) electrons. The maximum absolute atomic E-state index is 12.4. The van der Waals surface area contributed by atoms with Crippen LogP contribution in [0.3, 0.4) is 0 Å². The summed E-state index contributed by atoms with van der Waals surface area (Å²) in [7, 11) is 0. The molecule has 9 nitrogen and oxygen atoms in total. The minimum absolute atomic E-state index is 0.510. The number of rotatable bonds is 6. The summed E-state index contributed by atoms with van der Waals surface area (Å²) in [6.45, 7) is 5.66. The number of aryl methyl sites for hydroxylation is 2. The number of nitrogens with zero attached hydrogens (tertiary/aromatic N) is 4. The van der Waals surface area contributed by atoms with E-state index >= 15 is 0 Å². The van der Waals surface area contributed by atoms with Gasteiger partial charge in [0.1, 0.15) is 0 Å². The van der Waals surface area contributed by atoms with Crippen LogP contribution in [0.25, 0.3) is 0 Å². The number of carbonyl (C=O) groups excluding carboxylic acids is 1. The lowest BCUT2D eigenvalue weighted by molar-refractivity contribution is -0.187. The molecule has 0 bridgehead atoms. The Hall–Kier alpha value is -2.07. The molecule has 0 spiro atoms. The Morgan fingerprint density at radius 1 is 0.958 bits per heavy atom. The molecule has 0 amide bonds. The number of ketones is 1. The lowest BCUT2D eigenvalue weighted by Gasteiger charge is -2.35. The van der Waals surface area contributed by atoms with E-state index in [1.54, 1.807) is 26.0 Å². The second-order valence-corrected chi connectivity index (χ2v) is 6.16. The van der Waals surface area contributed by atoms with Crippen LogP contribution in [-0.2, 0) is 16.2 Å². The van der Waals surface area contributed by atoms with E-state index in [2.05, 4.69) is 10.2 Å². The Kier molecular flexibility index (Phi) is 4.64. The molecule has 132 valence electrons. The van der Waals surface area contributed by atoms with Crippen LogP contribution in [0.15, 0.2) is 24.5 Å². The van der Waals surface area contributed by atoms with Gasteiger partial charge in [0.2, 0.25) is 0 Å². The molecule has 2 heterocycles. The van der Waals surface area contributed by atoms with Crippen molar-refractivity contribution in [2.24, 2.45) is 0 Å². The fourth-order valence-corrected chi connectivity index (χ4v) is 2.61. The van der Waals surface area contributed by atoms with Gasteiger partial charge < -0.3 is 20.4 Å². The third kappa shape index (κ3) is 2.86. The first-order chi connectivity index (χ1) is 11.0. The summed E-state index contributed by atoms with van der Waals surface area (Å²) < 4.78 is 2.13. The van der Waals surface area contributed by atoms with E-state index < -0.39 is 29.4 Å². The van der Waals surface area contributed by atoms with Gasteiger partial charge in [-0.1, -0.05) is 0 Å². The van der Waals surface area contributed by atoms with Crippen molar-refractivity contribution >= 4 is 5.78 Å². The molecule has 0 saturated heterocycles. The van der Waals surface area contributed by atoms with Gasteiger partial charge in [-0.3, -0.25) is 4.79 Å².